The first-order chi connectivity index (χ1) is 28.1. The molecule has 11 nitrogen and oxygen atoms in total. The summed E-state index contributed by atoms with van der Waals surface area (Å²) >= 11 is 0. The van der Waals surface area contributed by atoms with Crippen molar-refractivity contribution in [1.82, 2.24) is 0 Å². The first-order valence-corrected chi connectivity index (χ1v) is 23.8. The molecule has 0 aromatic rings. The average molecular weight is 838 g/mol. The highest BCUT2D eigenvalue weighted by Gasteiger charge is 2.28. The number of carboxylic acid groups (broad SMARTS) is 1. The lowest BCUT2D eigenvalue weighted by Gasteiger charge is -2.20. The Bertz CT molecular complexity index is 1210. The molecule has 12 heteroatoms. The van der Waals surface area contributed by atoms with Crippen LogP contribution in [0.5, 0.6) is 0 Å². The lowest BCUT2D eigenvalue weighted by molar-refractivity contribution is -0.161. The average Bonchev–Trinajstić information content (AvgIpc) is 3.20. The van der Waals surface area contributed by atoms with Gasteiger partial charge in [-0.25, -0.2) is 4.57 Å². The number of hydrogen-bond acceptors (Lipinski definition) is 9. The maximum absolute atomic E-state index is 12.6. The third-order valence-electron chi connectivity index (χ3n) is 9.24. The molecular weight excluding hydrogens is 757 g/mol. The predicted molar refractivity (Wildman–Crippen MR) is 235 cm³/mol. The number of rotatable bonds is 41. The highest BCUT2D eigenvalue weighted by Crippen LogP contribution is 2.43. The number of unbranched alkanes of at least 4 members (excludes halogenated alkanes) is 17. The van der Waals surface area contributed by atoms with Gasteiger partial charge in [0.05, 0.1) is 13.2 Å². The van der Waals surface area contributed by atoms with Crippen molar-refractivity contribution in [2.24, 2.45) is 5.73 Å². The van der Waals surface area contributed by atoms with Crippen LogP contribution in [0.3, 0.4) is 0 Å². The molecule has 0 saturated heterocycles. The molecule has 0 bridgehead atoms. The number of carboxylic acids is 1. The Labute approximate surface area is 351 Å². The van der Waals surface area contributed by atoms with E-state index in [2.05, 4.69) is 79.1 Å². The first kappa shape index (κ1) is 55.2. The van der Waals surface area contributed by atoms with Gasteiger partial charge in [0, 0.05) is 12.8 Å². The van der Waals surface area contributed by atoms with E-state index in [0.717, 1.165) is 77.0 Å². The normalized spacial score (nSPS) is 14.3. The van der Waals surface area contributed by atoms with Gasteiger partial charge in [0.2, 0.25) is 0 Å². The van der Waals surface area contributed by atoms with Crippen LogP contribution in [0.25, 0.3) is 0 Å². The van der Waals surface area contributed by atoms with Crippen LogP contribution in [-0.4, -0.2) is 59.9 Å². The van der Waals surface area contributed by atoms with Gasteiger partial charge < -0.3 is 25.2 Å². The summed E-state index contributed by atoms with van der Waals surface area (Å²) in [6.07, 6.45) is 47.1. The van der Waals surface area contributed by atoms with E-state index in [0.29, 0.717) is 12.8 Å². The van der Waals surface area contributed by atoms with Crippen molar-refractivity contribution < 1.29 is 47.5 Å². The molecule has 0 heterocycles. The molecule has 0 radical (unpaired) electrons. The molecule has 0 rings (SSSR count). The summed E-state index contributed by atoms with van der Waals surface area (Å²) in [6.45, 7) is 2.72. The Hall–Kier alpha value is -2.82. The molecule has 0 aromatic carbocycles. The van der Waals surface area contributed by atoms with Crippen molar-refractivity contribution in [3.05, 3.63) is 60.8 Å². The topological polar surface area (TPSA) is 172 Å². The van der Waals surface area contributed by atoms with Gasteiger partial charge in [0.1, 0.15) is 12.6 Å². The lowest BCUT2D eigenvalue weighted by atomic mass is 10.1. The molecule has 0 aliphatic heterocycles. The van der Waals surface area contributed by atoms with Gasteiger partial charge in [-0.1, -0.05) is 145 Å². The highest BCUT2D eigenvalue weighted by molar-refractivity contribution is 7.47. The number of hydrogen-bond donors (Lipinski definition) is 3. The Balaban J connectivity index is 4.44. The highest BCUT2D eigenvalue weighted by atomic mass is 31.2. The molecule has 0 saturated carbocycles. The maximum atomic E-state index is 12.6. The van der Waals surface area contributed by atoms with Crippen LogP contribution in [0, 0.1) is 0 Å². The van der Waals surface area contributed by atoms with Crippen LogP contribution in [-0.2, 0) is 37.5 Å². The van der Waals surface area contributed by atoms with Crippen LogP contribution in [0.1, 0.15) is 181 Å². The summed E-state index contributed by atoms with van der Waals surface area (Å²) in [7, 11) is -4.73. The fourth-order valence-electron chi connectivity index (χ4n) is 5.69. The largest absolute Gasteiger partial charge is 0.480 e. The number of phosphoric acid groups is 1. The molecule has 3 atom stereocenters. The summed E-state index contributed by atoms with van der Waals surface area (Å²) < 4.78 is 32.7. The van der Waals surface area contributed by atoms with Gasteiger partial charge in [-0.2, -0.15) is 0 Å². The number of carbonyl (C=O) groups excluding carboxylic acids is 2. The van der Waals surface area contributed by atoms with Crippen LogP contribution in [0.15, 0.2) is 60.8 Å². The predicted octanol–water partition coefficient (Wildman–Crippen LogP) is 12.0. The summed E-state index contributed by atoms with van der Waals surface area (Å²) in [5, 5.41) is 8.89. The van der Waals surface area contributed by atoms with E-state index in [1.54, 1.807) is 0 Å². The molecule has 0 spiro atoms. The summed E-state index contributed by atoms with van der Waals surface area (Å²) in [5.74, 6) is -2.43. The Morgan fingerprint density at radius 2 is 0.914 bits per heavy atom. The standard InChI is InChI=1S/C46H80NO10P/c1-3-5-7-9-11-13-15-17-19-20-21-22-24-26-28-30-32-34-36-38-45(49)57-42(40-55-58(52,53)56-41-43(47)46(50)51)39-54-44(48)37-35-33-31-29-27-25-23-18-16-14-12-10-8-6-4-2/h11,13,17-19,21-23,26,28,42-43H,3-10,12,14-16,20,24-25,27,29-41,47H2,1-2H3,(H,50,51)(H,52,53)/b13-11+,19-17+,22-21+,23-18+,28-26+/t42-,43+/m1/s1. The second-order valence-electron chi connectivity index (χ2n) is 14.8. The second kappa shape index (κ2) is 40.9. The summed E-state index contributed by atoms with van der Waals surface area (Å²) in [6, 6.07) is -1.53. The monoisotopic (exact) mass is 838 g/mol. The maximum Gasteiger partial charge on any atom is 0.472 e. The molecule has 4 N–H and O–H groups in total. The molecule has 0 aliphatic carbocycles. The second-order valence-corrected chi connectivity index (χ2v) is 16.3. The molecular formula is C46H80NO10P. The van der Waals surface area contributed by atoms with Crippen LogP contribution >= 0.6 is 7.82 Å². The zero-order chi connectivity index (χ0) is 42.8. The zero-order valence-electron chi connectivity index (χ0n) is 36.1. The van der Waals surface area contributed by atoms with Gasteiger partial charge in [0.25, 0.3) is 0 Å². The van der Waals surface area contributed by atoms with Crippen molar-refractivity contribution in [3.8, 4) is 0 Å². The third kappa shape index (κ3) is 40.0. The summed E-state index contributed by atoms with van der Waals surface area (Å²) in [4.78, 5) is 46.0. The van der Waals surface area contributed by atoms with E-state index in [-0.39, 0.29) is 19.4 Å². The molecule has 334 valence electrons. The van der Waals surface area contributed by atoms with E-state index in [9.17, 15) is 23.8 Å². The number of allylic oxidation sites excluding steroid dienone is 10. The van der Waals surface area contributed by atoms with Crippen LogP contribution < -0.4 is 5.73 Å². The molecule has 0 fully saturated rings. The quantitative estimate of drug-likeness (QED) is 0.0231. The fraction of sp³-hybridized carbons (Fsp3) is 0.717. The zero-order valence-corrected chi connectivity index (χ0v) is 37.0. The Morgan fingerprint density at radius 1 is 0.534 bits per heavy atom. The number of carbonyl (C=O) groups is 3. The first-order valence-electron chi connectivity index (χ1n) is 22.3. The fourth-order valence-corrected chi connectivity index (χ4v) is 6.47. The summed E-state index contributed by atoms with van der Waals surface area (Å²) in [5.41, 5.74) is 5.33. The van der Waals surface area contributed by atoms with Crippen molar-refractivity contribution in [3.63, 3.8) is 0 Å². The van der Waals surface area contributed by atoms with Crippen molar-refractivity contribution in [2.45, 2.75) is 193 Å². The van der Waals surface area contributed by atoms with Gasteiger partial charge in [-0.15, -0.1) is 0 Å². The molecule has 0 aliphatic rings. The number of esters is 2. The van der Waals surface area contributed by atoms with Crippen molar-refractivity contribution in [2.75, 3.05) is 19.8 Å². The molecule has 0 aromatic heterocycles. The van der Waals surface area contributed by atoms with Crippen molar-refractivity contribution in [1.29, 1.82) is 0 Å². The Kier molecular flexibility index (Phi) is 38.9. The number of nitrogens with two attached hydrogens (primary N) is 1. The van der Waals surface area contributed by atoms with E-state index >= 15 is 0 Å². The smallest absolute Gasteiger partial charge is 0.472 e. The van der Waals surface area contributed by atoms with Gasteiger partial charge in [0.15, 0.2) is 6.10 Å². The third-order valence-corrected chi connectivity index (χ3v) is 10.2. The van der Waals surface area contributed by atoms with Crippen LogP contribution in [0.4, 0.5) is 0 Å². The minimum Gasteiger partial charge on any atom is -0.480 e. The van der Waals surface area contributed by atoms with Crippen molar-refractivity contribution >= 4 is 25.7 Å². The van der Waals surface area contributed by atoms with Gasteiger partial charge >= 0.3 is 25.7 Å². The molecule has 58 heavy (non-hydrogen) atoms. The minimum absolute atomic E-state index is 0.120. The van der Waals surface area contributed by atoms with E-state index in [1.807, 2.05) is 0 Å². The lowest BCUT2D eigenvalue weighted by Crippen LogP contribution is -2.34. The number of aliphatic carboxylic acids is 1. The van der Waals surface area contributed by atoms with Gasteiger partial charge in [-0.3, -0.25) is 23.4 Å². The SMILES string of the molecule is CCCCC/C=C/C/C=C/C/C=C/C/C=C/CCCCCC(=O)O[C@H](COC(=O)CCCCCCC/C=C/CCCCCCCC)COP(=O)(O)OC[C@H](N)C(=O)O. The van der Waals surface area contributed by atoms with Gasteiger partial charge in [-0.05, 0) is 83.5 Å². The van der Waals surface area contributed by atoms with E-state index in [1.165, 1.54) is 64.2 Å². The minimum atomic E-state index is -4.73. The number of ether oxygens (including phenoxy) is 2. The molecule has 1 unspecified atom stereocenters. The van der Waals surface area contributed by atoms with E-state index < -0.39 is 51.1 Å². The molecule has 0 amide bonds. The van der Waals surface area contributed by atoms with E-state index in [4.69, 9.17) is 24.8 Å². The van der Waals surface area contributed by atoms with Crippen LogP contribution in [0.2, 0.25) is 0 Å². The number of phosphoric ester groups is 1. The Morgan fingerprint density at radius 3 is 1.43 bits per heavy atom.